The van der Waals surface area contributed by atoms with E-state index in [0.717, 1.165) is 0 Å². The molecule has 2 aliphatic heterocycles. The number of aliphatic carboxylic acids is 1. The topological polar surface area (TPSA) is 168 Å². The van der Waals surface area contributed by atoms with Gasteiger partial charge < -0.3 is 21.5 Å². The van der Waals surface area contributed by atoms with E-state index in [4.69, 9.17) is 11.5 Å². The van der Waals surface area contributed by atoms with Crippen LogP contribution in [0.25, 0.3) is 0 Å². The highest BCUT2D eigenvalue weighted by molar-refractivity contribution is 8.00. The van der Waals surface area contributed by atoms with E-state index in [1.165, 1.54) is 28.4 Å². The first kappa shape index (κ1) is 22.0. The molecule has 0 spiro atoms. The number of fused-ring (bicyclic) bond motifs is 1. The number of primary amides is 1. The predicted octanol–water partition coefficient (Wildman–Crippen LogP) is -0.432. The molecule has 2 unspecified atom stereocenters. The maximum atomic E-state index is 13.0. The fourth-order valence-electron chi connectivity index (χ4n) is 3.38. The molecule has 12 heteroatoms. The number of nitrogens with one attached hydrogen (secondary N) is 2. The lowest BCUT2D eigenvalue weighted by Gasteiger charge is -2.50. The van der Waals surface area contributed by atoms with Crippen LogP contribution >= 0.6 is 23.5 Å². The highest BCUT2D eigenvalue weighted by atomic mass is 32.2. The number of nitrogens with zero attached hydrogens (tertiary/aromatic N) is 1. The van der Waals surface area contributed by atoms with E-state index in [0.29, 0.717) is 17.1 Å². The molecule has 160 valence electrons. The first-order valence-corrected chi connectivity index (χ1v) is 11.3. The van der Waals surface area contributed by atoms with Crippen molar-refractivity contribution in [2.75, 3.05) is 17.8 Å². The van der Waals surface area contributed by atoms with Gasteiger partial charge in [0.05, 0.1) is 0 Å². The molecule has 1 fully saturated rings. The molecule has 30 heavy (non-hydrogen) atoms. The lowest BCUT2D eigenvalue weighted by atomic mass is 9.97. The normalized spacial score (nSPS) is 22.5. The minimum atomic E-state index is -2.00. The van der Waals surface area contributed by atoms with Crippen molar-refractivity contribution in [2.45, 2.75) is 17.1 Å². The van der Waals surface area contributed by atoms with Gasteiger partial charge in [-0.2, -0.15) is 11.8 Å². The fraction of sp³-hybridized carbons (Fsp3) is 0.333. The number of carboxylic acids is 1. The van der Waals surface area contributed by atoms with Gasteiger partial charge in [-0.05, 0) is 11.8 Å². The third-order valence-corrected chi connectivity index (χ3v) is 6.74. The number of rotatable bonds is 7. The molecule has 4 amide bonds. The van der Waals surface area contributed by atoms with Crippen LogP contribution in [-0.2, 0) is 20.0 Å². The molecule has 10 nitrogen and oxygen atoms in total. The monoisotopic (exact) mass is 451 g/mol. The molecule has 0 radical (unpaired) electrons. The van der Waals surface area contributed by atoms with E-state index in [1.807, 2.05) is 6.26 Å². The van der Waals surface area contributed by atoms with Crippen molar-refractivity contribution in [1.29, 1.82) is 0 Å². The molecule has 1 aromatic carbocycles. The van der Waals surface area contributed by atoms with Crippen LogP contribution < -0.4 is 22.1 Å². The molecular formula is C18H21N5O5S2. The van der Waals surface area contributed by atoms with Gasteiger partial charge in [0.25, 0.3) is 11.8 Å². The van der Waals surface area contributed by atoms with Crippen molar-refractivity contribution in [3.8, 4) is 0 Å². The van der Waals surface area contributed by atoms with Crippen LogP contribution in [0.15, 0.2) is 41.6 Å². The summed E-state index contributed by atoms with van der Waals surface area (Å²) in [4.78, 5) is 50.1. The predicted molar refractivity (Wildman–Crippen MR) is 113 cm³/mol. The van der Waals surface area contributed by atoms with Crippen LogP contribution in [-0.4, -0.2) is 63.0 Å². The van der Waals surface area contributed by atoms with Crippen molar-refractivity contribution in [2.24, 2.45) is 11.5 Å². The maximum absolute atomic E-state index is 13.0. The van der Waals surface area contributed by atoms with Crippen LogP contribution in [0.2, 0.25) is 0 Å². The van der Waals surface area contributed by atoms with Crippen LogP contribution in [0, 0.1) is 0 Å². The summed E-state index contributed by atoms with van der Waals surface area (Å²) in [5.41, 5.74) is 10.3. The Hall–Kier alpha value is -2.70. The van der Waals surface area contributed by atoms with Gasteiger partial charge in [-0.1, -0.05) is 30.3 Å². The van der Waals surface area contributed by atoms with Crippen molar-refractivity contribution < 1.29 is 24.3 Å². The third kappa shape index (κ3) is 3.85. The molecule has 0 bridgehead atoms. The molecule has 0 aliphatic carbocycles. The first-order chi connectivity index (χ1) is 14.2. The van der Waals surface area contributed by atoms with E-state index < -0.39 is 40.9 Å². The molecular weight excluding hydrogens is 430 g/mol. The minimum Gasteiger partial charge on any atom is -0.477 e. The number of benzene rings is 1. The average molecular weight is 452 g/mol. The largest absolute Gasteiger partial charge is 0.477 e. The van der Waals surface area contributed by atoms with Gasteiger partial charge in [-0.25, -0.2) is 9.59 Å². The Kier molecular flexibility index (Phi) is 6.29. The van der Waals surface area contributed by atoms with Gasteiger partial charge in [0.15, 0.2) is 5.66 Å². The Balaban J connectivity index is 1.83. The summed E-state index contributed by atoms with van der Waals surface area (Å²) in [5, 5.41) is 13.8. The zero-order valence-corrected chi connectivity index (χ0v) is 17.6. The summed E-state index contributed by atoms with van der Waals surface area (Å²) in [6.07, 6.45) is 1.85. The summed E-state index contributed by atoms with van der Waals surface area (Å²) in [5.74, 6) is -1.65. The van der Waals surface area contributed by atoms with E-state index in [1.54, 1.807) is 30.3 Å². The SMILES string of the molecule is CSCC1=C(C(=O)O)N2C(=O)C(NC(=O)C(N)(NC(N)=O)c3ccccc3)[C@@H]2SC1. The molecule has 2 heterocycles. The van der Waals surface area contributed by atoms with E-state index in [9.17, 15) is 24.3 Å². The lowest BCUT2D eigenvalue weighted by molar-refractivity contribution is -0.151. The molecule has 3 atom stereocenters. The summed E-state index contributed by atoms with van der Waals surface area (Å²) >= 11 is 2.82. The molecule has 1 saturated heterocycles. The highest BCUT2D eigenvalue weighted by Crippen LogP contribution is 2.41. The number of hydrogen-bond acceptors (Lipinski definition) is 7. The van der Waals surface area contributed by atoms with Gasteiger partial charge in [-0.3, -0.25) is 20.2 Å². The van der Waals surface area contributed by atoms with E-state index in [2.05, 4.69) is 10.6 Å². The Morgan fingerprint density at radius 3 is 2.57 bits per heavy atom. The Morgan fingerprint density at radius 2 is 2.00 bits per heavy atom. The van der Waals surface area contributed by atoms with Crippen molar-refractivity contribution in [1.82, 2.24) is 15.5 Å². The zero-order valence-electron chi connectivity index (χ0n) is 16.0. The summed E-state index contributed by atoms with van der Waals surface area (Å²) in [7, 11) is 0. The molecule has 0 saturated carbocycles. The van der Waals surface area contributed by atoms with Crippen molar-refractivity contribution >= 4 is 47.3 Å². The number of urea groups is 1. The fourth-order valence-corrected chi connectivity index (χ4v) is 5.44. The number of hydrogen-bond donors (Lipinski definition) is 5. The third-order valence-electron chi connectivity index (χ3n) is 4.76. The standard InChI is InChI=1S/C18H21N5O5S2/c1-29-7-9-8-30-14-11(13(24)23(14)12(9)15(25)26)21-16(27)18(20,22-17(19)28)10-5-3-2-4-6-10/h2-6,11,14H,7-8,20H2,1H3,(H,21,27)(H,25,26)(H3,19,22,28)/t11?,14-,18?/m0/s1. The second kappa shape index (κ2) is 8.58. The Bertz CT molecular complexity index is 925. The van der Waals surface area contributed by atoms with Gasteiger partial charge in [-0.15, -0.1) is 11.8 Å². The number of carbonyl (C=O) groups excluding carboxylic acids is 3. The van der Waals surface area contributed by atoms with E-state index in [-0.39, 0.29) is 11.3 Å². The van der Waals surface area contributed by atoms with Gasteiger partial charge in [0.1, 0.15) is 17.1 Å². The maximum Gasteiger partial charge on any atom is 0.352 e. The van der Waals surface area contributed by atoms with Crippen molar-refractivity contribution in [3.63, 3.8) is 0 Å². The highest BCUT2D eigenvalue weighted by Gasteiger charge is 2.55. The smallest absolute Gasteiger partial charge is 0.352 e. The second-order valence-electron chi connectivity index (χ2n) is 6.71. The van der Waals surface area contributed by atoms with Gasteiger partial charge in [0.2, 0.25) is 0 Å². The van der Waals surface area contributed by atoms with Crippen LogP contribution in [0.1, 0.15) is 5.56 Å². The molecule has 3 rings (SSSR count). The number of β-lactam (4-membered cyclic amide) rings is 1. The van der Waals surface area contributed by atoms with Gasteiger partial charge >= 0.3 is 12.0 Å². The summed E-state index contributed by atoms with van der Waals surface area (Å²) in [6, 6.07) is 6.08. The average Bonchev–Trinajstić information content (AvgIpc) is 2.71. The number of carboxylic acid groups (broad SMARTS) is 1. The molecule has 1 aromatic rings. The van der Waals surface area contributed by atoms with Crippen LogP contribution in [0.5, 0.6) is 0 Å². The summed E-state index contributed by atoms with van der Waals surface area (Å²) < 4.78 is 0. The van der Waals surface area contributed by atoms with Gasteiger partial charge in [0, 0.05) is 17.1 Å². The summed E-state index contributed by atoms with van der Waals surface area (Å²) in [6.45, 7) is 0. The second-order valence-corrected chi connectivity index (χ2v) is 8.69. The minimum absolute atomic E-state index is 0.0408. The first-order valence-electron chi connectivity index (χ1n) is 8.82. The quantitative estimate of drug-likeness (QED) is 0.275. The molecule has 2 aliphatic rings. The Labute approximate surface area is 180 Å². The Morgan fingerprint density at radius 1 is 1.33 bits per heavy atom. The molecule has 7 N–H and O–H groups in total. The van der Waals surface area contributed by atoms with Crippen LogP contribution in [0.3, 0.4) is 0 Å². The zero-order chi connectivity index (χ0) is 22.1. The number of amides is 4. The number of thioether (sulfide) groups is 2. The van der Waals surface area contributed by atoms with E-state index >= 15 is 0 Å². The number of carbonyl (C=O) groups is 4. The van der Waals surface area contributed by atoms with Crippen molar-refractivity contribution in [3.05, 3.63) is 47.2 Å². The molecule has 0 aromatic heterocycles. The lowest BCUT2D eigenvalue weighted by Crippen LogP contribution is -2.74. The van der Waals surface area contributed by atoms with Crippen LogP contribution in [0.4, 0.5) is 4.79 Å². The number of nitrogens with two attached hydrogens (primary N) is 2.